The lowest BCUT2D eigenvalue weighted by molar-refractivity contribution is 0.0851. The first-order valence-corrected chi connectivity index (χ1v) is 5.61. The molecule has 0 heterocycles. The second-order valence-corrected chi connectivity index (χ2v) is 4.40. The Hall–Kier alpha value is -0.120. The lowest BCUT2D eigenvalue weighted by Gasteiger charge is -2.34. The molecule has 1 aliphatic carbocycles. The van der Waals surface area contributed by atoms with Crippen LogP contribution >= 0.6 is 0 Å². The largest absolute Gasteiger partial charge is 0.383 e. The monoisotopic (exact) mass is 200 g/mol. The van der Waals surface area contributed by atoms with Gasteiger partial charge in [-0.15, -0.1) is 0 Å². The van der Waals surface area contributed by atoms with Crippen molar-refractivity contribution in [3.63, 3.8) is 0 Å². The Morgan fingerprint density at radius 3 is 2.64 bits per heavy atom. The zero-order valence-corrected chi connectivity index (χ0v) is 9.75. The van der Waals surface area contributed by atoms with Crippen LogP contribution < -0.4 is 5.32 Å². The summed E-state index contributed by atoms with van der Waals surface area (Å²) in [5.41, 5.74) is 0. The van der Waals surface area contributed by atoms with Crippen LogP contribution in [0.3, 0.4) is 0 Å². The van der Waals surface area contributed by atoms with E-state index in [1.54, 1.807) is 7.11 Å². The summed E-state index contributed by atoms with van der Waals surface area (Å²) in [7, 11) is 5.99. The summed E-state index contributed by atoms with van der Waals surface area (Å²) in [5.74, 6) is 0.941. The van der Waals surface area contributed by atoms with Gasteiger partial charge in [0.2, 0.25) is 0 Å². The van der Waals surface area contributed by atoms with Crippen molar-refractivity contribution in [2.24, 2.45) is 5.92 Å². The lowest BCUT2D eigenvalue weighted by atomic mass is 9.85. The van der Waals surface area contributed by atoms with E-state index >= 15 is 0 Å². The van der Waals surface area contributed by atoms with E-state index in [1.165, 1.54) is 25.8 Å². The molecule has 1 N–H and O–H groups in total. The summed E-state index contributed by atoms with van der Waals surface area (Å²) in [4.78, 5) is 2.43. The number of nitrogens with one attached hydrogen (secondary N) is 1. The Morgan fingerprint density at radius 1 is 1.50 bits per heavy atom. The van der Waals surface area contributed by atoms with Gasteiger partial charge in [0, 0.05) is 26.2 Å². The van der Waals surface area contributed by atoms with Crippen molar-refractivity contribution in [3.8, 4) is 0 Å². The number of hydrogen-bond donors (Lipinski definition) is 1. The zero-order chi connectivity index (χ0) is 10.4. The molecule has 14 heavy (non-hydrogen) atoms. The van der Waals surface area contributed by atoms with Gasteiger partial charge in [0.15, 0.2) is 0 Å². The van der Waals surface area contributed by atoms with Crippen LogP contribution in [0.15, 0.2) is 0 Å². The van der Waals surface area contributed by atoms with Gasteiger partial charge in [-0.25, -0.2) is 0 Å². The van der Waals surface area contributed by atoms with Crippen molar-refractivity contribution in [1.29, 1.82) is 0 Å². The van der Waals surface area contributed by atoms with E-state index in [4.69, 9.17) is 4.74 Å². The maximum atomic E-state index is 5.23. The van der Waals surface area contributed by atoms with Gasteiger partial charge in [-0.2, -0.15) is 0 Å². The summed E-state index contributed by atoms with van der Waals surface area (Å²) < 4.78 is 5.23. The molecule has 1 saturated carbocycles. The molecule has 0 saturated heterocycles. The Bertz CT molecular complexity index is 142. The van der Waals surface area contributed by atoms with E-state index in [1.807, 2.05) is 7.05 Å². The lowest BCUT2D eigenvalue weighted by Crippen LogP contribution is -2.45. The van der Waals surface area contributed by atoms with Crippen LogP contribution in [0.2, 0.25) is 0 Å². The first-order chi connectivity index (χ1) is 6.77. The van der Waals surface area contributed by atoms with E-state index in [0.717, 1.165) is 19.1 Å². The molecule has 0 aliphatic heterocycles. The van der Waals surface area contributed by atoms with Gasteiger partial charge in [-0.1, -0.05) is 6.42 Å². The van der Waals surface area contributed by atoms with Crippen LogP contribution in [0, 0.1) is 5.92 Å². The first kappa shape index (κ1) is 12.0. The average molecular weight is 200 g/mol. The zero-order valence-electron chi connectivity index (χ0n) is 9.75. The van der Waals surface area contributed by atoms with Crippen molar-refractivity contribution < 1.29 is 4.74 Å². The highest BCUT2D eigenvalue weighted by Gasteiger charge is 2.22. The molecule has 1 unspecified atom stereocenters. The Morgan fingerprint density at radius 2 is 2.21 bits per heavy atom. The summed E-state index contributed by atoms with van der Waals surface area (Å²) >= 11 is 0. The third kappa shape index (κ3) is 3.56. The van der Waals surface area contributed by atoms with E-state index in [0.29, 0.717) is 6.04 Å². The van der Waals surface area contributed by atoms with Gasteiger partial charge in [0.05, 0.1) is 6.61 Å². The second kappa shape index (κ2) is 6.38. The summed E-state index contributed by atoms with van der Waals surface area (Å²) in [5, 5.41) is 3.22. The Labute approximate surface area is 87.8 Å². The molecule has 0 spiro atoms. The minimum atomic E-state index is 0.519. The molecule has 0 radical (unpaired) electrons. The predicted octanol–water partition coefficient (Wildman–Crippen LogP) is 0.953. The van der Waals surface area contributed by atoms with Gasteiger partial charge in [-0.3, -0.25) is 4.90 Å². The molecule has 0 aromatic heterocycles. The van der Waals surface area contributed by atoms with Gasteiger partial charge in [-0.05, 0) is 32.9 Å². The number of likely N-dealkylation sites (N-methyl/N-ethyl adjacent to an activating group) is 2. The number of methoxy groups -OCH3 is 1. The fourth-order valence-electron chi connectivity index (χ4n) is 2.00. The fraction of sp³-hybridized carbons (Fsp3) is 1.00. The van der Waals surface area contributed by atoms with Crippen LogP contribution in [0.4, 0.5) is 0 Å². The first-order valence-electron chi connectivity index (χ1n) is 5.61. The maximum Gasteiger partial charge on any atom is 0.0630 e. The van der Waals surface area contributed by atoms with Crippen LogP contribution in [-0.4, -0.2) is 51.8 Å². The highest BCUT2D eigenvalue weighted by molar-refractivity contribution is 4.77. The number of nitrogens with zero attached hydrogens (tertiary/aromatic N) is 1. The summed E-state index contributed by atoms with van der Waals surface area (Å²) in [6.45, 7) is 3.07. The second-order valence-electron chi connectivity index (χ2n) is 4.40. The molecule has 0 aromatic rings. The molecule has 3 nitrogen and oxygen atoms in total. The molecule has 1 rings (SSSR count). The van der Waals surface area contributed by atoms with Gasteiger partial charge in [0.25, 0.3) is 0 Å². The molecule has 3 heteroatoms. The molecular formula is C11H24N2O. The normalized spacial score (nSPS) is 19.7. The van der Waals surface area contributed by atoms with Crippen LogP contribution in [0.5, 0.6) is 0 Å². The van der Waals surface area contributed by atoms with E-state index in [2.05, 4.69) is 17.3 Å². The van der Waals surface area contributed by atoms with E-state index < -0.39 is 0 Å². The number of hydrogen-bond acceptors (Lipinski definition) is 3. The minimum Gasteiger partial charge on any atom is -0.383 e. The molecular weight excluding hydrogens is 176 g/mol. The molecule has 1 atom stereocenters. The topological polar surface area (TPSA) is 24.5 Å². The van der Waals surface area contributed by atoms with Crippen molar-refractivity contribution in [3.05, 3.63) is 0 Å². The Balaban J connectivity index is 2.24. The van der Waals surface area contributed by atoms with Gasteiger partial charge in [0.1, 0.15) is 0 Å². The van der Waals surface area contributed by atoms with E-state index in [9.17, 15) is 0 Å². The number of rotatable bonds is 7. The summed E-state index contributed by atoms with van der Waals surface area (Å²) in [6.07, 6.45) is 4.27. The summed E-state index contributed by atoms with van der Waals surface area (Å²) in [6, 6.07) is 0.519. The van der Waals surface area contributed by atoms with E-state index in [-0.39, 0.29) is 0 Å². The third-order valence-corrected chi connectivity index (χ3v) is 3.19. The Kier molecular flexibility index (Phi) is 5.45. The smallest absolute Gasteiger partial charge is 0.0630 e. The van der Waals surface area contributed by atoms with Crippen molar-refractivity contribution in [2.75, 3.05) is 40.9 Å². The number of ether oxygens (including phenoxy) is 1. The third-order valence-electron chi connectivity index (χ3n) is 3.19. The fourth-order valence-corrected chi connectivity index (χ4v) is 2.00. The maximum absolute atomic E-state index is 5.23. The van der Waals surface area contributed by atoms with Crippen LogP contribution in [0.1, 0.15) is 19.3 Å². The van der Waals surface area contributed by atoms with Crippen molar-refractivity contribution >= 4 is 0 Å². The average Bonchev–Trinajstić information content (AvgIpc) is 2.11. The highest BCUT2D eigenvalue weighted by Crippen LogP contribution is 2.27. The molecule has 84 valence electrons. The van der Waals surface area contributed by atoms with Crippen LogP contribution in [0.25, 0.3) is 0 Å². The van der Waals surface area contributed by atoms with Gasteiger partial charge >= 0.3 is 0 Å². The van der Waals surface area contributed by atoms with Crippen LogP contribution in [-0.2, 0) is 4.74 Å². The van der Waals surface area contributed by atoms with Crippen molar-refractivity contribution in [1.82, 2.24) is 10.2 Å². The predicted molar refractivity (Wildman–Crippen MR) is 59.6 cm³/mol. The minimum absolute atomic E-state index is 0.519. The standard InChI is InChI=1S/C11H24N2O/c1-12-7-11(9-14-3)13(2)8-10-5-4-6-10/h10-12H,4-9H2,1-3H3. The van der Waals surface area contributed by atoms with Crippen molar-refractivity contribution in [2.45, 2.75) is 25.3 Å². The molecule has 1 fully saturated rings. The highest BCUT2D eigenvalue weighted by atomic mass is 16.5. The SMILES string of the molecule is CNCC(COC)N(C)CC1CCC1. The van der Waals surface area contributed by atoms with Gasteiger partial charge < -0.3 is 10.1 Å². The molecule has 1 aliphatic rings. The molecule has 0 aromatic carbocycles. The molecule has 0 bridgehead atoms. The molecule has 0 amide bonds. The quantitative estimate of drug-likeness (QED) is 0.662.